The van der Waals surface area contributed by atoms with Crippen LogP contribution >= 0.6 is 0 Å². The molecule has 0 aliphatic heterocycles. The van der Waals surface area contributed by atoms with E-state index < -0.39 is 0 Å². The Kier molecular flexibility index (Phi) is 5.84. The number of ether oxygens (including phenoxy) is 3. The minimum atomic E-state index is -0.260. The van der Waals surface area contributed by atoms with Crippen LogP contribution in [0.25, 0.3) is 0 Å². The van der Waals surface area contributed by atoms with E-state index in [9.17, 15) is 4.79 Å². The monoisotopic (exact) mass is 382 g/mol. The summed E-state index contributed by atoms with van der Waals surface area (Å²) in [6.07, 6.45) is 0. The summed E-state index contributed by atoms with van der Waals surface area (Å²) in [4.78, 5) is 12.6. The fourth-order valence-electron chi connectivity index (χ4n) is 2.69. The normalized spacial score (nSPS) is 10.4. The minimum Gasteiger partial charge on any atom is -0.497 e. The minimum absolute atomic E-state index is 0.260. The molecule has 0 aliphatic rings. The van der Waals surface area contributed by atoms with Crippen LogP contribution < -0.4 is 19.5 Å². The quantitative estimate of drug-likeness (QED) is 0.661. The number of aryl methyl sites for hydroxylation is 2. The fourth-order valence-corrected chi connectivity index (χ4v) is 2.69. The van der Waals surface area contributed by atoms with E-state index in [0.29, 0.717) is 40.9 Å². The number of carbonyl (C=O) groups excluding carboxylic acids is 1. The zero-order chi connectivity index (χ0) is 20.1. The number of nitrogens with one attached hydrogen (secondary N) is 1. The van der Waals surface area contributed by atoms with Crippen molar-refractivity contribution in [1.29, 1.82) is 0 Å². The van der Waals surface area contributed by atoms with Crippen molar-refractivity contribution >= 4 is 11.6 Å². The van der Waals surface area contributed by atoms with Gasteiger partial charge in [0.2, 0.25) is 0 Å². The maximum Gasteiger partial charge on any atom is 0.255 e. The van der Waals surface area contributed by atoms with Crippen molar-refractivity contribution < 1.29 is 23.5 Å². The number of carbonyl (C=O) groups is 1. The third-order valence-electron chi connectivity index (χ3n) is 4.31. The molecule has 0 aliphatic carbocycles. The molecule has 146 valence electrons. The maximum atomic E-state index is 12.6. The Morgan fingerprint density at radius 1 is 1.07 bits per heavy atom. The fraction of sp³-hybridized carbons (Fsp3) is 0.238. The first kappa shape index (κ1) is 19.3. The first-order chi connectivity index (χ1) is 13.5. The van der Waals surface area contributed by atoms with E-state index in [4.69, 9.17) is 18.7 Å². The molecular weight excluding hydrogens is 360 g/mol. The van der Waals surface area contributed by atoms with Crippen LogP contribution in [0.15, 0.2) is 47.0 Å². The Morgan fingerprint density at radius 3 is 2.57 bits per heavy atom. The van der Waals surface area contributed by atoms with Gasteiger partial charge in [-0.2, -0.15) is 0 Å². The molecule has 3 rings (SSSR count). The molecule has 0 atom stereocenters. The van der Waals surface area contributed by atoms with Gasteiger partial charge in [-0.25, -0.2) is 0 Å². The molecule has 0 unspecified atom stereocenters. The Balaban J connectivity index is 1.73. The number of amides is 1. The van der Waals surface area contributed by atoms with Gasteiger partial charge in [-0.15, -0.1) is 0 Å². The molecule has 1 N–H and O–H groups in total. The zero-order valence-electron chi connectivity index (χ0n) is 16.2. The molecule has 2 aromatic carbocycles. The van der Waals surface area contributed by atoms with Crippen molar-refractivity contribution in [3.8, 4) is 17.2 Å². The van der Waals surface area contributed by atoms with Gasteiger partial charge in [-0.1, -0.05) is 11.2 Å². The van der Waals surface area contributed by atoms with Gasteiger partial charge in [-0.3, -0.25) is 4.79 Å². The van der Waals surface area contributed by atoms with Gasteiger partial charge in [0.05, 0.1) is 25.5 Å². The Bertz CT molecular complexity index is 961. The highest BCUT2D eigenvalue weighted by molar-refractivity contribution is 6.04. The average Bonchev–Trinajstić information content (AvgIpc) is 3.03. The van der Waals surface area contributed by atoms with Crippen molar-refractivity contribution in [2.45, 2.75) is 20.5 Å². The Hall–Kier alpha value is -3.48. The highest BCUT2D eigenvalue weighted by Crippen LogP contribution is 2.30. The molecule has 0 saturated carbocycles. The molecular formula is C21H22N2O5. The van der Waals surface area contributed by atoms with Gasteiger partial charge in [0, 0.05) is 17.3 Å². The number of hydrogen-bond donors (Lipinski definition) is 1. The first-order valence-corrected chi connectivity index (χ1v) is 8.69. The third kappa shape index (κ3) is 4.25. The van der Waals surface area contributed by atoms with Crippen molar-refractivity contribution in [1.82, 2.24) is 5.16 Å². The van der Waals surface area contributed by atoms with Crippen LogP contribution in [0, 0.1) is 13.8 Å². The molecule has 0 bridgehead atoms. The summed E-state index contributed by atoms with van der Waals surface area (Å²) in [5.41, 5.74) is 2.76. The molecule has 28 heavy (non-hydrogen) atoms. The van der Waals surface area contributed by atoms with E-state index in [1.54, 1.807) is 43.5 Å². The van der Waals surface area contributed by atoms with E-state index in [2.05, 4.69) is 10.5 Å². The second kappa shape index (κ2) is 8.47. The van der Waals surface area contributed by atoms with E-state index in [-0.39, 0.29) is 5.91 Å². The Labute approximate surface area is 163 Å². The number of rotatable bonds is 7. The molecule has 0 radical (unpaired) electrons. The summed E-state index contributed by atoms with van der Waals surface area (Å²) in [6.45, 7) is 3.99. The summed E-state index contributed by atoms with van der Waals surface area (Å²) >= 11 is 0. The van der Waals surface area contributed by atoms with Crippen LogP contribution in [0.2, 0.25) is 0 Å². The van der Waals surface area contributed by atoms with Gasteiger partial charge in [-0.05, 0) is 44.2 Å². The van der Waals surface area contributed by atoms with Crippen molar-refractivity contribution in [3.63, 3.8) is 0 Å². The van der Waals surface area contributed by atoms with Crippen LogP contribution in [-0.4, -0.2) is 25.3 Å². The predicted octanol–water partition coefficient (Wildman–Crippen LogP) is 4.14. The summed E-state index contributed by atoms with van der Waals surface area (Å²) in [7, 11) is 3.11. The van der Waals surface area contributed by atoms with Crippen LogP contribution in [0.1, 0.15) is 27.4 Å². The van der Waals surface area contributed by atoms with E-state index in [1.165, 1.54) is 7.11 Å². The standard InChI is InChI=1S/C21H22N2O5/c1-13-18(14(2)28-23-13)12-27-19-9-8-15(10-20(19)26-4)21(24)22-16-6-5-7-17(11-16)25-3/h5-11H,12H2,1-4H3,(H,22,24). The average molecular weight is 382 g/mol. The topological polar surface area (TPSA) is 82.8 Å². The summed E-state index contributed by atoms with van der Waals surface area (Å²) in [6, 6.07) is 12.2. The SMILES string of the molecule is COc1cccc(NC(=O)c2ccc(OCc3c(C)noc3C)c(OC)c2)c1. The first-order valence-electron chi connectivity index (χ1n) is 8.69. The molecule has 7 nitrogen and oxygen atoms in total. The van der Waals surface area contributed by atoms with Crippen LogP contribution in [0.5, 0.6) is 17.2 Å². The van der Waals surface area contributed by atoms with E-state index in [1.807, 2.05) is 19.9 Å². The molecule has 0 saturated heterocycles. The number of nitrogens with zero attached hydrogens (tertiary/aromatic N) is 1. The highest BCUT2D eigenvalue weighted by atomic mass is 16.5. The molecule has 3 aromatic rings. The van der Waals surface area contributed by atoms with Gasteiger partial charge in [0.1, 0.15) is 18.1 Å². The molecule has 0 fully saturated rings. The van der Waals surface area contributed by atoms with Crippen molar-refractivity contribution in [2.24, 2.45) is 0 Å². The van der Waals surface area contributed by atoms with Crippen LogP contribution in [-0.2, 0) is 6.61 Å². The second-order valence-corrected chi connectivity index (χ2v) is 6.14. The number of benzene rings is 2. The van der Waals surface area contributed by atoms with Crippen LogP contribution in [0.4, 0.5) is 5.69 Å². The third-order valence-corrected chi connectivity index (χ3v) is 4.31. The smallest absolute Gasteiger partial charge is 0.255 e. The van der Waals surface area contributed by atoms with E-state index in [0.717, 1.165) is 11.3 Å². The lowest BCUT2D eigenvalue weighted by molar-refractivity contribution is 0.102. The Morgan fingerprint density at radius 2 is 1.89 bits per heavy atom. The van der Waals surface area contributed by atoms with Gasteiger partial charge in [0.25, 0.3) is 5.91 Å². The summed E-state index contributed by atoms with van der Waals surface area (Å²) in [5, 5.41) is 6.75. The second-order valence-electron chi connectivity index (χ2n) is 6.14. The molecule has 1 heterocycles. The lowest BCUT2D eigenvalue weighted by Crippen LogP contribution is -2.12. The molecule has 7 heteroatoms. The van der Waals surface area contributed by atoms with Crippen molar-refractivity contribution in [2.75, 3.05) is 19.5 Å². The number of anilines is 1. The maximum absolute atomic E-state index is 12.6. The molecule has 1 amide bonds. The molecule has 0 spiro atoms. The highest BCUT2D eigenvalue weighted by Gasteiger charge is 2.14. The summed E-state index contributed by atoms with van der Waals surface area (Å²) in [5.74, 6) is 2.11. The van der Waals surface area contributed by atoms with Crippen LogP contribution in [0.3, 0.4) is 0 Å². The van der Waals surface area contributed by atoms with Gasteiger partial charge >= 0.3 is 0 Å². The van der Waals surface area contributed by atoms with Gasteiger partial charge in [0.15, 0.2) is 11.5 Å². The van der Waals surface area contributed by atoms with Gasteiger partial charge < -0.3 is 24.1 Å². The van der Waals surface area contributed by atoms with Crippen molar-refractivity contribution in [3.05, 3.63) is 65.0 Å². The number of hydrogen-bond acceptors (Lipinski definition) is 6. The lowest BCUT2D eigenvalue weighted by atomic mass is 10.1. The van der Waals surface area contributed by atoms with E-state index >= 15 is 0 Å². The molecule has 1 aromatic heterocycles. The predicted molar refractivity (Wildman–Crippen MR) is 104 cm³/mol. The number of aromatic nitrogens is 1. The zero-order valence-corrected chi connectivity index (χ0v) is 16.2. The summed E-state index contributed by atoms with van der Waals surface area (Å²) < 4.78 is 21.5. The largest absolute Gasteiger partial charge is 0.497 e. The number of methoxy groups -OCH3 is 2. The lowest BCUT2D eigenvalue weighted by Gasteiger charge is -2.12.